The molecule has 0 bridgehead atoms. The number of hydrogen-bond acceptors (Lipinski definition) is 4. The third-order valence-corrected chi connectivity index (χ3v) is 3.90. The third-order valence-electron chi connectivity index (χ3n) is 3.90. The first-order chi connectivity index (χ1) is 10.1. The molecule has 1 aliphatic heterocycles. The lowest BCUT2D eigenvalue weighted by molar-refractivity contribution is -0.145. The molecular formula is C17H25NO3. The number of methoxy groups -OCH3 is 1. The lowest BCUT2D eigenvalue weighted by Gasteiger charge is -2.32. The van der Waals surface area contributed by atoms with Gasteiger partial charge in [-0.2, -0.15) is 0 Å². The van der Waals surface area contributed by atoms with E-state index in [2.05, 4.69) is 43.0 Å². The Morgan fingerprint density at radius 2 is 2.10 bits per heavy atom. The molecule has 1 aliphatic rings. The van der Waals surface area contributed by atoms with Crippen molar-refractivity contribution in [2.24, 2.45) is 0 Å². The van der Waals surface area contributed by atoms with Gasteiger partial charge in [-0.15, -0.1) is 0 Å². The number of rotatable bonds is 5. The molecule has 1 aromatic carbocycles. The summed E-state index contributed by atoms with van der Waals surface area (Å²) in [5.74, 6) is 0.356. The molecule has 4 nitrogen and oxygen atoms in total. The van der Waals surface area contributed by atoms with E-state index >= 15 is 0 Å². The van der Waals surface area contributed by atoms with Gasteiger partial charge in [0.15, 0.2) is 0 Å². The van der Waals surface area contributed by atoms with Crippen molar-refractivity contribution >= 4 is 5.97 Å². The topological polar surface area (TPSA) is 38.8 Å². The normalized spacial score (nSPS) is 19.7. The van der Waals surface area contributed by atoms with E-state index in [0.29, 0.717) is 18.9 Å². The van der Waals surface area contributed by atoms with Crippen LogP contribution in [0.4, 0.5) is 0 Å². The predicted octanol–water partition coefficient (Wildman–Crippen LogP) is 2.57. The SMILES string of the molecule is COC(=O)CC1CN(Cc2ccc(C(C)C)cc2)CCO1. The number of ether oxygens (including phenoxy) is 2. The molecule has 1 saturated heterocycles. The van der Waals surface area contributed by atoms with Gasteiger partial charge in [0.2, 0.25) is 0 Å². The van der Waals surface area contributed by atoms with Gasteiger partial charge in [-0.05, 0) is 17.0 Å². The Morgan fingerprint density at radius 1 is 1.38 bits per heavy atom. The number of morpholine rings is 1. The number of esters is 1. The first kappa shape index (κ1) is 16.0. The molecule has 1 unspecified atom stereocenters. The maximum Gasteiger partial charge on any atom is 0.308 e. The van der Waals surface area contributed by atoms with Crippen molar-refractivity contribution in [3.05, 3.63) is 35.4 Å². The fourth-order valence-corrected chi connectivity index (χ4v) is 2.58. The van der Waals surface area contributed by atoms with Gasteiger partial charge >= 0.3 is 5.97 Å². The number of carbonyl (C=O) groups excluding carboxylic acids is 1. The van der Waals surface area contributed by atoms with Gasteiger partial charge in [0.25, 0.3) is 0 Å². The summed E-state index contributed by atoms with van der Waals surface area (Å²) in [5.41, 5.74) is 2.67. The largest absolute Gasteiger partial charge is 0.469 e. The summed E-state index contributed by atoms with van der Waals surface area (Å²) in [5, 5.41) is 0. The highest BCUT2D eigenvalue weighted by Crippen LogP contribution is 2.17. The second-order valence-corrected chi connectivity index (χ2v) is 5.90. The minimum Gasteiger partial charge on any atom is -0.469 e. The highest BCUT2D eigenvalue weighted by molar-refractivity contribution is 5.69. The van der Waals surface area contributed by atoms with Gasteiger partial charge in [0.05, 0.1) is 26.2 Å². The van der Waals surface area contributed by atoms with Gasteiger partial charge in [0, 0.05) is 19.6 Å². The van der Waals surface area contributed by atoms with Crippen LogP contribution in [0.1, 0.15) is 37.3 Å². The predicted molar refractivity (Wildman–Crippen MR) is 82.2 cm³/mol. The molecule has 1 heterocycles. The van der Waals surface area contributed by atoms with Crippen LogP contribution in [-0.2, 0) is 20.8 Å². The van der Waals surface area contributed by atoms with Crippen LogP contribution in [0, 0.1) is 0 Å². The Hall–Kier alpha value is -1.39. The molecule has 0 spiro atoms. The zero-order valence-electron chi connectivity index (χ0n) is 13.2. The van der Waals surface area contributed by atoms with Crippen LogP contribution in [0.15, 0.2) is 24.3 Å². The Kier molecular flexibility index (Phi) is 5.76. The van der Waals surface area contributed by atoms with Crippen LogP contribution in [0.25, 0.3) is 0 Å². The molecule has 1 atom stereocenters. The van der Waals surface area contributed by atoms with Crippen LogP contribution in [0.5, 0.6) is 0 Å². The Balaban J connectivity index is 1.88. The van der Waals surface area contributed by atoms with E-state index in [9.17, 15) is 4.79 Å². The summed E-state index contributed by atoms with van der Waals surface area (Å²) in [7, 11) is 1.42. The van der Waals surface area contributed by atoms with Crippen molar-refractivity contribution in [2.75, 3.05) is 26.8 Å². The number of benzene rings is 1. The first-order valence-corrected chi connectivity index (χ1v) is 7.58. The van der Waals surface area contributed by atoms with Crippen LogP contribution in [0.2, 0.25) is 0 Å². The summed E-state index contributed by atoms with van der Waals surface area (Å²) in [6.07, 6.45) is 0.278. The van der Waals surface area contributed by atoms with Crippen molar-refractivity contribution in [1.29, 1.82) is 0 Å². The van der Waals surface area contributed by atoms with Crippen molar-refractivity contribution in [2.45, 2.75) is 38.8 Å². The van der Waals surface area contributed by atoms with Crippen molar-refractivity contribution in [1.82, 2.24) is 4.90 Å². The molecule has 21 heavy (non-hydrogen) atoms. The average molecular weight is 291 g/mol. The van der Waals surface area contributed by atoms with E-state index in [1.165, 1.54) is 18.2 Å². The first-order valence-electron chi connectivity index (χ1n) is 7.58. The summed E-state index contributed by atoms with van der Waals surface area (Å²) in [6.45, 7) is 7.67. The van der Waals surface area contributed by atoms with Gasteiger partial charge in [-0.25, -0.2) is 0 Å². The van der Waals surface area contributed by atoms with Gasteiger partial charge in [-0.1, -0.05) is 38.1 Å². The minimum absolute atomic E-state index is 0.0545. The van der Waals surface area contributed by atoms with E-state index in [0.717, 1.165) is 19.6 Å². The van der Waals surface area contributed by atoms with Crippen molar-refractivity contribution < 1.29 is 14.3 Å². The van der Waals surface area contributed by atoms with Gasteiger partial charge < -0.3 is 9.47 Å². The molecule has 0 aromatic heterocycles. The van der Waals surface area contributed by atoms with Crippen LogP contribution in [0.3, 0.4) is 0 Å². The molecule has 1 fully saturated rings. The van der Waals surface area contributed by atoms with E-state index in [4.69, 9.17) is 9.47 Å². The summed E-state index contributed by atoms with van der Waals surface area (Å²) >= 11 is 0. The summed E-state index contributed by atoms with van der Waals surface area (Å²) in [6, 6.07) is 8.79. The second kappa shape index (κ2) is 7.57. The maximum atomic E-state index is 11.3. The molecule has 4 heteroatoms. The molecule has 2 rings (SSSR count). The van der Waals surface area contributed by atoms with Crippen molar-refractivity contribution in [3.8, 4) is 0 Å². The van der Waals surface area contributed by atoms with Gasteiger partial charge in [0.1, 0.15) is 0 Å². The molecule has 0 amide bonds. The van der Waals surface area contributed by atoms with E-state index in [-0.39, 0.29) is 12.1 Å². The quantitative estimate of drug-likeness (QED) is 0.782. The highest BCUT2D eigenvalue weighted by atomic mass is 16.5. The number of hydrogen-bond donors (Lipinski definition) is 0. The minimum atomic E-state index is -0.205. The average Bonchev–Trinajstić information content (AvgIpc) is 2.48. The van der Waals surface area contributed by atoms with Crippen LogP contribution < -0.4 is 0 Å². The fraction of sp³-hybridized carbons (Fsp3) is 0.588. The summed E-state index contributed by atoms with van der Waals surface area (Å²) < 4.78 is 10.3. The molecule has 0 N–H and O–H groups in total. The van der Waals surface area contributed by atoms with Gasteiger partial charge in [-0.3, -0.25) is 9.69 Å². The monoisotopic (exact) mass is 291 g/mol. The number of carbonyl (C=O) groups is 1. The van der Waals surface area contributed by atoms with E-state index < -0.39 is 0 Å². The molecule has 0 radical (unpaired) electrons. The standard InChI is InChI=1S/C17H25NO3/c1-13(2)15-6-4-14(5-7-15)11-18-8-9-21-16(12-18)10-17(19)20-3/h4-7,13,16H,8-12H2,1-3H3. The van der Waals surface area contributed by atoms with E-state index in [1.807, 2.05) is 0 Å². The Morgan fingerprint density at radius 3 is 2.71 bits per heavy atom. The molecule has 1 aromatic rings. The second-order valence-electron chi connectivity index (χ2n) is 5.90. The molecule has 116 valence electrons. The number of nitrogens with zero attached hydrogens (tertiary/aromatic N) is 1. The molecular weight excluding hydrogens is 266 g/mol. The highest BCUT2D eigenvalue weighted by Gasteiger charge is 2.23. The van der Waals surface area contributed by atoms with Crippen molar-refractivity contribution in [3.63, 3.8) is 0 Å². The Labute approximate surface area is 127 Å². The fourth-order valence-electron chi connectivity index (χ4n) is 2.58. The molecule has 0 aliphatic carbocycles. The lowest BCUT2D eigenvalue weighted by Crippen LogP contribution is -2.42. The smallest absolute Gasteiger partial charge is 0.308 e. The summed E-state index contributed by atoms with van der Waals surface area (Å²) in [4.78, 5) is 13.7. The van der Waals surface area contributed by atoms with Crippen LogP contribution in [-0.4, -0.2) is 43.8 Å². The zero-order valence-corrected chi connectivity index (χ0v) is 13.2. The third kappa shape index (κ3) is 4.83. The zero-order chi connectivity index (χ0) is 15.2. The lowest BCUT2D eigenvalue weighted by atomic mass is 10.0. The molecule has 0 saturated carbocycles. The van der Waals surface area contributed by atoms with Crippen LogP contribution >= 0.6 is 0 Å². The van der Waals surface area contributed by atoms with E-state index in [1.54, 1.807) is 0 Å². The Bertz CT molecular complexity index is 456. The maximum absolute atomic E-state index is 11.3.